The van der Waals surface area contributed by atoms with Gasteiger partial charge in [-0.05, 0) is 47.0 Å². The number of benzene rings is 1. The monoisotopic (exact) mass is 337 g/mol. The minimum absolute atomic E-state index is 0.376. The molecule has 100 valence electrons. The summed E-state index contributed by atoms with van der Waals surface area (Å²) in [6.07, 6.45) is 1.02. The van der Waals surface area contributed by atoms with Crippen molar-refractivity contribution < 1.29 is 4.74 Å². The van der Waals surface area contributed by atoms with Crippen LogP contribution in [-0.2, 0) is 6.54 Å². The molecule has 19 heavy (non-hydrogen) atoms. The first kappa shape index (κ1) is 13.2. The summed E-state index contributed by atoms with van der Waals surface area (Å²) in [6, 6.07) is 6.61. The number of nitrogens with one attached hydrogen (secondary N) is 1. The Kier molecular flexibility index (Phi) is 3.91. The maximum Gasteiger partial charge on any atom is 0.124 e. The molecule has 1 atom stereocenters. The zero-order valence-corrected chi connectivity index (χ0v) is 13.2. The van der Waals surface area contributed by atoms with E-state index in [4.69, 9.17) is 4.74 Å². The van der Waals surface area contributed by atoms with Crippen LogP contribution in [0.1, 0.15) is 29.2 Å². The quantitative estimate of drug-likeness (QED) is 0.894. The molecule has 1 N–H and O–H groups in total. The lowest BCUT2D eigenvalue weighted by Crippen LogP contribution is -2.26. The van der Waals surface area contributed by atoms with Gasteiger partial charge in [0, 0.05) is 29.0 Å². The van der Waals surface area contributed by atoms with Gasteiger partial charge in [-0.25, -0.2) is 0 Å². The van der Waals surface area contributed by atoms with Crippen LogP contribution in [0.4, 0.5) is 0 Å². The summed E-state index contributed by atoms with van der Waals surface area (Å²) in [4.78, 5) is 0. The van der Waals surface area contributed by atoms with Crippen molar-refractivity contribution in [2.24, 2.45) is 0 Å². The molecule has 0 amide bonds. The summed E-state index contributed by atoms with van der Waals surface area (Å²) in [5.74, 6) is 1.01. The second-order valence-corrected chi connectivity index (χ2v) is 6.49. The molecule has 1 aromatic carbocycles. The van der Waals surface area contributed by atoms with Gasteiger partial charge in [0.05, 0.1) is 6.61 Å². The lowest BCUT2D eigenvalue weighted by molar-refractivity contribution is 0.252. The predicted molar refractivity (Wildman–Crippen MR) is 82.9 cm³/mol. The van der Waals surface area contributed by atoms with E-state index in [-0.39, 0.29) is 0 Å². The van der Waals surface area contributed by atoms with Crippen molar-refractivity contribution in [1.82, 2.24) is 5.32 Å². The highest BCUT2D eigenvalue weighted by Crippen LogP contribution is 2.34. The number of hydrogen-bond acceptors (Lipinski definition) is 3. The van der Waals surface area contributed by atoms with Gasteiger partial charge < -0.3 is 10.1 Å². The molecule has 0 bridgehead atoms. The Hall–Kier alpha value is -0.840. The summed E-state index contributed by atoms with van der Waals surface area (Å²) >= 11 is 5.31. The molecular weight excluding hydrogens is 322 g/mol. The number of hydrogen-bond donors (Lipinski definition) is 1. The topological polar surface area (TPSA) is 21.3 Å². The predicted octanol–water partition coefficient (Wildman–Crippen LogP) is 4.43. The van der Waals surface area contributed by atoms with Gasteiger partial charge in [-0.2, -0.15) is 11.3 Å². The fourth-order valence-electron chi connectivity index (χ4n) is 2.38. The SMILES string of the molecule is Cc1cscc1CNC1CCOc2ccc(Br)cc21. The third kappa shape index (κ3) is 2.86. The molecule has 0 saturated carbocycles. The van der Waals surface area contributed by atoms with Crippen LogP contribution in [0.3, 0.4) is 0 Å². The van der Waals surface area contributed by atoms with E-state index >= 15 is 0 Å². The van der Waals surface area contributed by atoms with Gasteiger partial charge in [0.25, 0.3) is 0 Å². The Labute approximate surface area is 125 Å². The molecule has 0 spiro atoms. The molecule has 1 unspecified atom stereocenters. The van der Waals surface area contributed by atoms with Gasteiger partial charge in [0.15, 0.2) is 0 Å². The molecule has 0 aliphatic carbocycles. The standard InChI is InChI=1S/C15H16BrNOS/c1-10-8-19-9-11(10)7-17-14-4-5-18-15-3-2-12(16)6-13(14)15/h2-3,6,8-9,14,17H,4-5,7H2,1H3. The summed E-state index contributed by atoms with van der Waals surface area (Å²) in [5, 5.41) is 8.08. The van der Waals surface area contributed by atoms with Crippen molar-refractivity contribution in [1.29, 1.82) is 0 Å². The Morgan fingerprint density at radius 1 is 1.42 bits per heavy atom. The van der Waals surface area contributed by atoms with Gasteiger partial charge in [-0.1, -0.05) is 15.9 Å². The highest BCUT2D eigenvalue weighted by atomic mass is 79.9. The molecule has 2 aromatic rings. The third-order valence-electron chi connectivity index (χ3n) is 3.51. The van der Waals surface area contributed by atoms with E-state index < -0.39 is 0 Å². The van der Waals surface area contributed by atoms with Crippen LogP contribution in [0.2, 0.25) is 0 Å². The van der Waals surface area contributed by atoms with Crippen LogP contribution in [0.25, 0.3) is 0 Å². The molecule has 2 heterocycles. The summed E-state index contributed by atoms with van der Waals surface area (Å²) < 4.78 is 6.82. The zero-order chi connectivity index (χ0) is 13.2. The van der Waals surface area contributed by atoms with Gasteiger partial charge in [-0.15, -0.1) is 0 Å². The lowest BCUT2D eigenvalue weighted by atomic mass is 10.0. The molecule has 1 aliphatic heterocycles. The molecule has 2 nitrogen and oxygen atoms in total. The van der Waals surface area contributed by atoms with Crippen LogP contribution >= 0.6 is 27.3 Å². The molecule has 0 saturated heterocycles. The van der Waals surface area contributed by atoms with Crippen molar-refractivity contribution in [3.63, 3.8) is 0 Å². The van der Waals surface area contributed by atoms with Gasteiger partial charge in [0.2, 0.25) is 0 Å². The van der Waals surface area contributed by atoms with Crippen molar-refractivity contribution in [3.8, 4) is 5.75 Å². The number of fused-ring (bicyclic) bond motifs is 1. The van der Waals surface area contributed by atoms with E-state index in [0.717, 1.165) is 29.8 Å². The Balaban J connectivity index is 1.76. The first-order valence-corrected chi connectivity index (χ1v) is 8.15. The Bertz CT molecular complexity index is 581. The number of rotatable bonds is 3. The fraction of sp³-hybridized carbons (Fsp3) is 0.333. The number of thiophene rings is 1. The fourth-order valence-corrected chi connectivity index (χ4v) is 3.61. The van der Waals surface area contributed by atoms with Crippen LogP contribution in [0.5, 0.6) is 5.75 Å². The van der Waals surface area contributed by atoms with Crippen LogP contribution in [-0.4, -0.2) is 6.61 Å². The minimum atomic E-state index is 0.376. The van der Waals surface area contributed by atoms with E-state index in [9.17, 15) is 0 Å². The summed E-state index contributed by atoms with van der Waals surface area (Å²) in [6.45, 7) is 3.88. The molecule has 0 radical (unpaired) electrons. The van der Waals surface area contributed by atoms with Crippen molar-refractivity contribution >= 4 is 27.3 Å². The molecule has 4 heteroatoms. The largest absolute Gasteiger partial charge is 0.493 e. The lowest BCUT2D eigenvalue weighted by Gasteiger charge is -2.27. The molecule has 1 aromatic heterocycles. The van der Waals surface area contributed by atoms with Crippen molar-refractivity contribution in [2.45, 2.75) is 25.9 Å². The maximum atomic E-state index is 5.71. The first-order valence-electron chi connectivity index (χ1n) is 6.41. The van der Waals surface area contributed by atoms with E-state index in [1.807, 2.05) is 12.1 Å². The van der Waals surface area contributed by atoms with Crippen LogP contribution in [0.15, 0.2) is 33.4 Å². The van der Waals surface area contributed by atoms with Gasteiger partial charge >= 0.3 is 0 Å². The Morgan fingerprint density at radius 2 is 2.32 bits per heavy atom. The highest BCUT2D eigenvalue weighted by molar-refractivity contribution is 9.10. The van der Waals surface area contributed by atoms with E-state index in [0.29, 0.717) is 6.04 Å². The van der Waals surface area contributed by atoms with Gasteiger partial charge in [0.1, 0.15) is 5.75 Å². The highest BCUT2D eigenvalue weighted by Gasteiger charge is 2.21. The molecule has 3 rings (SSSR count). The van der Waals surface area contributed by atoms with Gasteiger partial charge in [-0.3, -0.25) is 0 Å². The number of aryl methyl sites for hydroxylation is 1. The molecule has 1 aliphatic rings. The molecular formula is C15H16BrNOS. The van der Waals surface area contributed by atoms with Crippen LogP contribution < -0.4 is 10.1 Å². The Morgan fingerprint density at radius 3 is 3.11 bits per heavy atom. The maximum absolute atomic E-state index is 5.71. The number of halogens is 1. The average Bonchev–Trinajstić information content (AvgIpc) is 2.82. The molecule has 0 fully saturated rings. The minimum Gasteiger partial charge on any atom is -0.493 e. The summed E-state index contributed by atoms with van der Waals surface area (Å²) in [7, 11) is 0. The van der Waals surface area contributed by atoms with E-state index in [1.165, 1.54) is 16.7 Å². The third-order valence-corrected chi connectivity index (χ3v) is 4.92. The average molecular weight is 338 g/mol. The van der Waals surface area contributed by atoms with Crippen LogP contribution in [0, 0.1) is 6.92 Å². The van der Waals surface area contributed by atoms with E-state index in [2.05, 4.69) is 45.0 Å². The summed E-state index contributed by atoms with van der Waals surface area (Å²) in [5.41, 5.74) is 4.03. The second kappa shape index (κ2) is 5.65. The smallest absolute Gasteiger partial charge is 0.124 e. The zero-order valence-electron chi connectivity index (χ0n) is 10.8. The van der Waals surface area contributed by atoms with Crippen molar-refractivity contribution in [3.05, 3.63) is 50.1 Å². The first-order chi connectivity index (χ1) is 9.24. The normalized spacial score (nSPS) is 17.9. The van der Waals surface area contributed by atoms with Crippen molar-refractivity contribution in [2.75, 3.05) is 6.61 Å². The second-order valence-electron chi connectivity index (χ2n) is 4.83. The number of ether oxygens (including phenoxy) is 1. The van der Waals surface area contributed by atoms with E-state index in [1.54, 1.807) is 11.3 Å².